The van der Waals surface area contributed by atoms with Crippen LogP contribution in [0.1, 0.15) is 91.5 Å². The molecule has 2 bridgehead atoms. The van der Waals surface area contributed by atoms with Crippen molar-refractivity contribution in [2.45, 2.75) is 82.3 Å². The maximum Gasteiger partial charge on any atom is 0.262 e. The second-order valence-corrected chi connectivity index (χ2v) is 13.9. The van der Waals surface area contributed by atoms with Crippen LogP contribution in [0, 0.1) is 34.5 Å². The summed E-state index contributed by atoms with van der Waals surface area (Å²) in [6, 6.07) is 6.61. The number of nitrogens with one attached hydrogen (secondary N) is 2. The number of hydrogen-bond donors (Lipinski definition) is 2. The molecule has 2 N–H and O–H groups in total. The number of carbonyl (C=O) groups excluding carboxylic acids is 5. The van der Waals surface area contributed by atoms with Crippen molar-refractivity contribution in [1.82, 2.24) is 25.3 Å². The maximum absolute atomic E-state index is 13.4. The first-order valence-electron chi connectivity index (χ1n) is 15.8. The number of anilines is 1. The quantitative estimate of drug-likeness (QED) is 0.380. The van der Waals surface area contributed by atoms with Crippen LogP contribution in [0.3, 0.4) is 0 Å². The molecule has 1 unspecified atom stereocenters. The molecular weight excluding hydrogens is 586 g/mol. The zero-order valence-corrected chi connectivity index (χ0v) is 25.9. The summed E-state index contributed by atoms with van der Waals surface area (Å²) >= 11 is 0. The molecule has 12 nitrogen and oxygen atoms in total. The van der Waals surface area contributed by atoms with Crippen LogP contribution in [0.25, 0.3) is 0 Å². The van der Waals surface area contributed by atoms with Gasteiger partial charge in [-0.05, 0) is 77.0 Å². The van der Waals surface area contributed by atoms with E-state index in [9.17, 15) is 29.2 Å². The lowest BCUT2D eigenvalue weighted by Gasteiger charge is -2.51. The van der Waals surface area contributed by atoms with Crippen LogP contribution in [-0.2, 0) is 19.9 Å². The highest BCUT2D eigenvalue weighted by molar-refractivity contribution is 6.23. The Bertz CT molecular complexity index is 1780. The third kappa shape index (κ3) is 4.84. The van der Waals surface area contributed by atoms with Gasteiger partial charge in [-0.2, -0.15) is 10.4 Å². The third-order valence-corrected chi connectivity index (χ3v) is 10.7. The van der Waals surface area contributed by atoms with E-state index < -0.39 is 35.2 Å². The second kappa shape index (κ2) is 10.5. The van der Waals surface area contributed by atoms with Gasteiger partial charge in [0.05, 0.1) is 40.3 Å². The van der Waals surface area contributed by atoms with Gasteiger partial charge in [0.2, 0.25) is 17.7 Å². The van der Waals surface area contributed by atoms with Gasteiger partial charge in [0.25, 0.3) is 11.8 Å². The molecule has 2 aromatic rings. The number of fused-ring (bicyclic) bond motifs is 4. The molecule has 3 aliphatic heterocycles. The minimum Gasteiger partial charge on any atom is -0.369 e. The zero-order chi connectivity index (χ0) is 32.4. The molecule has 46 heavy (non-hydrogen) atoms. The maximum atomic E-state index is 13.4. The van der Waals surface area contributed by atoms with E-state index in [0.717, 1.165) is 49.1 Å². The Balaban J connectivity index is 0.959. The summed E-state index contributed by atoms with van der Waals surface area (Å²) < 4.78 is 1.65. The fourth-order valence-corrected chi connectivity index (χ4v) is 7.35. The number of benzene rings is 1. The summed E-state index contributed by atoms with van der Waals surface area (Å²) in [5, 5.41) is 19.6. The van der Waals surface area contributed by atoms with E-state index in [2.05, 4.69) is 38.5 Å². The molecule has 3 aliphatic carbocycles. The molecule has 5 amide bonds. The van der Waals surface area contributed by atoms with Crippen LogP contribution in [0.15, 0.2) is 30.6 Å². The molecule has 3 saturated carbocycles. The summed E-state index contributed by atoms with van der Waals surface area (Å²) in [5.41, 5.74) is 0.636. The second-order valence-electron chi connectivity index (χ2n) is 13.9. The summed E-state index contributed by atoms with van der Waals surface area (Å²) in [5.74, 6) is 4.36. The van der Waals surface area contributed by atoms with Crippen molar-refractivity contribution in [3.05, 3.63) is 47.3 Å². The lowest BCUT2D eigenvalue weighted by atomic mass is 9.58. The molecule has 236 valence electrons. The van der Waals surface area contributed by atoms with E-state index in [0.29, 0.717) is 18.7 Å². The molecule has 12 heteroatoms. The summed E-state index contributed by atoms with van der Waals surface area (Å²) in [7, 11) is 0. The zero-order valence-electron chi connectivity index (χ0n) is 25.9. The average molecular weight is 622 g/mol. The van der Waals surface area contributed by atoms with Gasteiger partial charge in [0.1, 0.15) is 11.6 Å². The van der Waals surface area contributed by atoms with Crippen LogP contribution in [-0.4, -0.2) is 68.9 Å². The molecular formula is C34H35N7O5. The summed E-state index contributed by atoms with van der Waals surface area (Å²) in [6.07, 6.45) is 8.63. The number of amides is 5. The lowest BCUT2D eigenvalue weighted by molar-refractivity contribution is -0.136. The monoisotopic (exact) mass is 621 g/mol. The van der Waals surface area contributed by atoms with Crippen molar-refractivity contribution in [2.75, 3.05) is 18.0 Å². The number of imide groups is 2. The normalized spacial score (nSPS) is 27.4. The Hall–Kier alpha value is -4.97. The molecule has 5 fully saturated rings. The predicted octanol–water partition coefficient (Wildman–Crippen LogP) is 2.24. The van der Waals surface area contributed by atoms with E-state index in [4.69, 9.17) is 0 Å². The smallest absolute Gasteiger partial charge is 0.262 e. The molecule has 1 aromatic heterocycles. The minimum absolute atomic E-state index is 0.0746. The van der Waals surface area contributed by atoms with Gasteiger partial charge in [0.15, 0.2) is 0 Å². The van der Waals surface area contributed by atoms with E-state index in [1.54, 1.807) is 35.3 Å². The Morgan fingerprint density at radius 2 is 1.74 bits per heavy atom. The van der Waals surface area contributed by atoms with Crippen molar-refractivity contribution in [1.29, 1.82) is 5.26 Å². The molecule has 4 heterocycles. The van der Waals surface area contributed by atoms with E-state index in [1.165, 1.54) is 0 Å². The van der Waals surface area contributed by atoms with Crippen LogP contribution in [0.5, 0.6) is 0 Å². The molecule has 1 aromatic carbocycles. The highest BCUT2D eigenvalue weighted by Crippen LogP contribution is 2.52. The Kier molecular flexibility index (Phi) is 6.82. The summed E-state index contributed by atoms with van der Waals surface area (Å²) in [6.45, 7) is 4.97. The van der Waals surface area contributed by atoms with Gasteiger partial charge >= 0.3 is 0 Å². The largest absolute Gasteiger partial charge is 0.369 e. The molecule has 8 rings (SSSR count). The molecule has 6 aliphatic rings. The highest BCUT2D eigenvalue weighted by atomic mass is 16.2. The summed E-state index contributed by atoms with van der Waals surface area (Å²) in [4.78, 5) is 66.5. The Morgan fingerprint density at radius 1 is 1.04 bits per heavy atom. The van der Waals surface area contributed by atoms with Crippen LogP contribution in [0.4, 0.5) is 5.69 Å². The van der Waals surface area contributed by atoms with Crippen molar-refractivity contribution in [3.8, 4) is 17.9 Å². The van der Waals surface area contributed by atoms with Gasteiger partial charge < -0.3 is 10.2 Å². The van der Waals surface area contributed by atoms with Crippen LogP contribution in [0.2, 0.25) is 0 Å². The SMILES string of the molecule is CC(C)(C(=O)NC12CCC(C#N)(CC1)CC2)n1cc(C#CC2CN(c3ccc4c(c3)C(=O)N(C3CCC(=O)NC3=O)C4=O)C2)cn1. The molecule has 0 radical (unpaired) electrons. The van der Waals surface area contributed by atoms with Gasteiger partial charge in [-0.25, -0.2) is 0 Å². The Labute approximate surface area is 266 Å². The standard InChI is InChI=1S/C34H35N7O5/c1-32(2,31(46)38-34-12-9-33(20-35,10-13-34)11-14-34)40-19-21(16-36-40)3-4-22-17-39(18-22)23-5-6-24-25(15-23)30(45)41(29(24)44)26-7-8-27(42)37-28(26)43/h5-6,15-16,19,22,26H,7-14,17-18H2,1-2H3,(H,38,46)(H,37,42,43). The molecule has 1 atom stereocenters. The molecule has 0 spiro atoms. The predicted molar refractivity (Wildman–Crippen MR) is 164 cm³/mol. The number of piperidine rings is 1. The number of rotatable bonds is 5. The van der Waals surface area contributed by atoms with Crippen LogP contribution >= 0.6 is 0 Å². The highest BCUT2D eigenvalue weighted by Gasteiger charge is 2.51. The minimum atomic E-state index is -0.994. The first-order valence-corrected chi connectivity index (χ1v) is 15.8. The number of nitriles is 1. The van der Waals surface area contributed by atoms with Gasteiger partial charge in [-0.15, -0.1) is 0 Å². The topological polar surface area (TPSA) is 158 Å². The van der Waals surface area contributed by atoms with E-state index >= 15 is 0 Å². The van der Waals surface area contributed by atoms with Crippen molar-refractivity contribution in [2.24, 2.45) is 11.3 Å². The van der Waals surface area contributed by atoms with Gasteiger partial charge in [0, 0.05) is 36.9 Å². The number of nitrogens with zero attached hydrogens (tertiary/aromatic N) is 5. The van der Waals surface area contributed by atoms with Crippen molar-refractivity contribution in [3.63, 3.8) is 0 Å². The fraction of sp³-hybridized carbons (Fsp3) is 0.500. The van der Waals surface area contributed by atoms with Gasteiger partial charge in [-0.1, -0.05) is 11.8 Å². The van der Waals surface area contributed by atoms with Gasteiger partial charge in [-0.3, -0.25) is 38.9 Å². The first-order chi connectivity index (χ1) is 21.9. The fourth-order valence-electron chi connectivity index (χ4n) is 7.35. The van der Waals surface area contributed by atoms with Crippen LogP contribution < -0.4 is 15.5 Å². The lowest BCUT2D eigenvalue weighted by Crippen LogP contribution is -2.60. The van der Waals surface area contributed by atoms with E-state index in [-0.39, 0.29) is 46.7 Å². The number of aromatic nitrogens is 2. The average Bonchev–Trinajstić information content (AvgIpc) is 3.60. The third-order valence-electron chi connectivity index (χ3n) is 10.7. The van der Waals surface area contributed by atoms with Crippen molar-refractivity contribution >= 4 is 35.2 Å². The Morgan fingerprint density at radius 3 is 2.41 bits per heavy atom. The van der Waals surface area contributed by atoms with Crippen molar-refractivity contribution < 1.29 is 24.0 Å². The first kappa shape index (κ1) is 29.7. The molecule has 2 saturated heterocycles. The van der Waals surface area contributed by atoms with E-state index in [1.807, 2.05) is 13.8 Å². The number of carbonyl (C=O) groups is 5. The number of hydrogen-bond acceptors (Lipinski definition) is 8.